The van der Waals surface area contributed by atoms with E-state index in [9.17, 15) is 58.8 Å². The van der Waals surface area contributed by atoms with Crippen LogP contribution in [0.5, 0.6) is 0 Å². The number of Topliss-reactive ketones (excluding diaryl/α,β-unsaturated/α-hetero) is 7. The zero-order chi connectivity index (χ0) is 76.3. The Bertz CT molecular complexity index is 2100. The number of hydrogen-bond acceptors (Lipinski definition) is 32. The molecule has 89 heavy (non-hydrogen) atoms. The molecule has 0 saturated carbocycles. The first-order chi connectivity index (χ1) is 42.9. The molecule has 33 heteroatoms. The highest BCUT2D eigenvalue weighted by Crippen LogP contribution is 2.07. The molecule has 0 heterocycles. The molecule has 0 aromatic heterocycles. The second-order valence-electron chi connectivity index (χ2n) is 15.9. The number of ketones is 7. The number of hydrogen-bond donors (Lipinski definition) is 17. The minimum absolute atomic E-state index is 0. The lowest BCUT2D eigenvalue weighted by Crippen LogP contribution is -2.31. The van der Waals surface area contributed by atoms with Crippen molar-refractivity contribution in [1.29, 1.82) is 0 Å². The molecule has 0 bridgehead atoms. The van der Waals surface area contributed by atoms with Gasteiger partial charge in [-0.25, -0.2) is 4.79 Å². The van der Waals surface area contributed by atoms with Crippen molar-refractivity contribution in [3.8, 4) is 0 Å². The lowest BCUT2D eigenvalue weighted by atomic mass is 10.1. The summed E-state index contributed by atoms with van der Waals surface area (Å²) in [6.07, 6.45) is -4.68. The number of aliphatic hydroxyl groups is 16. The zero-order valence-electron chi connectivity index (χ0n) is 57.1. The van der Waals surface area contributed by atoms with Crippen LogP contribution in [-0.4, -0.2) is 281 Å². The molecule has 520 valence electrons. The van der Waals surface area contributed by atoms with E-state index in [4.69, 9.17) is 74.6 Å². The van der Waals surface area contributed by atoms with Gasteiger partial charge in [0.25, 0.3) is 0 Å². The third kappa shape index (κ3) is 67.9. The monoisotopic (exact) mass is 1430 g/mol. The van der Waals surface area contributed by atoms with Crippen LogP contribution < -0.4 is 0 Å². The summed E-state index contributed by atoms with van der Waals surface area (Å²) in [5.41, 5.74) is 0. The standard InChI is InChI=1S/7C7H12O3S.C6H10O4S.CH4/c7*1-5(8)7(10)6(9)3-4-11-2;1-11-3-2-4(7)5(8)6(9)10;/h7*3-4,6-7,9-10H,1-2H3;2-5,7-8H,1H3,(H,9,10);1H4/b7*4-3+;3-2+;/t4*6-,7+;;;;;/m1111...../s1/i3D,6D,7D;;;;3D,6D,7D;;;;. The van der Waals surface area contributed by atoms with Gasteiger partial charge in [0.05, 0.1) is 8.22 Å². The topological polar surface area (TPSA) is 480 Å². The Morgan fingerprint density at radius 2 is 0.438 bits per heavy atom. The lowest BCUT2D eigenvalue weighted by Gasteiger charge is -2.09. The van der Waals surface area contributed by atoms with Crippen molar-refractivity contribution in [3.63, 3.8) is 0 Å². The summed E-state index contributed by atoms with van der Waals surface area (Å²) in [5.74, 6) is -5.74. The van der Waals surface area contributed by atoms with Crippen molar-refractivity contribution in [1.82, 2.24) is 0 Å². The fourth-order valence-corrected chi connectivity index (χ4v) is 6.00. The third-order valence-electron chi connectivity index (χ3n) is 8.49. The normalized spacial score (nSPS) is 19.1. The van der Waals surface area contributed by atoms with Gasteiger partial charge in [0.1, 0.15) is 91.5 Å². The van der Waals surface area contributed by atoms with Gasteiger partial charge in [-0.05, 0) is 190 Å². The van der Waals surface area contributed by atoms with E-state index in [1.165, 1.54) is 147 Å². The molecule has 8 unspecified atom stereocenters. The molecular weight excluding hydrogens is 1330 g/mol. The number of thioether (sulfide) groups is 8. The van der Waals surface area contributed by atoms with Crippen LogP contribution in [0.1, 0.15) is 64.1 Å². The third-order valence-corrected chi connectivity index (χ3v) is 11.8. The highest BCUT2D eigenvalue weighted by molar-refractivity contribution is 8.02. The Labute approximate surface area is 566 Å². The summed E-state index contributed by atoms with van der Waals surface area (Å²) in [5, 5.41) is 165. The van der Waals surface area contributed by atoms with Gasteiger partial charge in [0.2, 0.25) is 0 Å². The van der Waals surface area contributed by atoms with Crippen LogP contribution in [0, 0.1) is 0 Å². The average molecular weight is 1430 g/mol. The van der Waals surface area contributed by atoms with E-state index in [0.717, 1.165) is 48.2 Å². The fourth-order valence-electron chi connectivity index (χ4n) is 3.63. The Morgan fingerprint density at radius 3 is 0.551 bits per heavy atom. The van der Waals surface area contributed by atoms with E-state index in [2.05, 4.69) is 0 Å². The number of rotatable bonds is 32. The number of carboxylic acid groups (broad SMARTS) is 1. The predicted octanol–water partition coefficient (Wildman–Crippen LogP) is 1.52. The summed E-state index contributed by atoms with van der Waals surface area (Å²) in [4.78, 5) is 84.1. The highest BCUT2D eigenvalue weighted by atomic mass is 32.2. The SMILES string of the molecule is C.CS/C=C/C(O)C(O)C(=O)O.CS/C=C/C(O)C(O)C(C)=O.CS/C=C/C(O)C(O)C(C)=O.CS/C=C/[C@@H](O)[C@@H](O)C(C)=O.CS/C=C/[C@@H](O)[C@@H](O)C(C)=O.CS/C=C/[C@@H](O)[C@@H](O)C(C)=O.[2H]/C(=C\SC)C([2H])(O)C([2H])(O)C(C)=O.[2H]/C(=C\SC)[C@@]([2H])(O)[C@@]([2H])(O)C(C)=O. The van der Waals surface area contributed by atoms with Gasteiger partial charge in [-0.2, -0.15) is 0 Å². The number of carbonyl (C=O) groups excluding carboxylic acids is 7. The largest absolute Gasteiger partial charge is 0.479 e. The molecule has 0 aromatic rings. The molecule has 0 aliphatic rings. The van der Waals surface area contributed by atoms with Crippen molar-refractivity contribution >= 4 is 141 Å². The fraction of sp³-hybridized carbons (Fsp3) is 0.571. The molecule has 0 saturated heterocycles. The molecule has 0 aliphatic heterocycles. The van der Waals surface area contributed by atoms with Crippen LogP contribution in [-0.2, 0) is 38.4 Å². The number of aliphatic hydroxyl groups excluding tert-OH is 12. The summed E-state index contributed by atoms with van der Waals surface area (Å²) in [7, 11) is 0. The molecule has 0 radical (unpaired) electrons. The molecule has 0 fully saturated rings. The molecule has 0 spiro atoms. The molecule has 16 atom stereocenters. The van der Waals surface area contributed by atoms with Crippen LogP contribution in [0.25, 0.3) is 0 Å². The maximum atomic E-state index is 10.8. The second kappa shape index (κ2) is 69.6. The van der Waals surface area contributed by atoms with E-state index >= 15 is 0 Å². The number of carbonyl (C=O) groups is 8. The predicted molar refractivity (Wildman–Crippen MR) is 366 cm³/mol. The van der Waals surface area contributed by atoms with E-state index < -0.39 is 156 Å². The quantitative estimate of drug-likeness (QED) is 0.0454. The summed E-state index contributed by atoms with van der Waals surface area (Å²) in [6, 6.07) is -1.39. The molecule has 0 amide bonds. The first kappa shape index (κ1) is 90.4. The molecule has 0 rings (SSSR count). The lowest BCUT2D eigenvalue weighted by molar-refractivity contribution is -0.151. The second-order valence-corrected chi connectivity index (χ2v) is 21.8. The average Bonchev–Trinajstić information content (AvgIpc) is 0.802. The minimum Gasteiger partial charge on any atom is -0.479 e. The van der Waals surface area contributed by atoms with E-state index in [1.807, 2.05) is 31.3 Å². The number of aliphatic carboxylic acids is 1. The van der Waals surface area contributed by atoms with Gasteiger partial charge in [-0.15, -0.1) is 94.1 Å². The van der Waals surface area contributed by atoms with E-state index in [0.29, 0.717) is 0 Å². The molecule has 17 N–H and O–H groups in total. The summed E-state index contributed by atoms with van der Waals surface area (Å²) in [6.45, 7) is 7.93. The van der Waals surface area contributed by atoms with Crippen molar-refractivity contribution in [3.05, 3.63) is 91.8 Å². The maximum Gasteiger partial charge on any atom is 0.335 e. The minimum atomic E-state index is -3.02. The van der Waals surface area contributed by atoms with Crippen LogP contribution in [0.2, 0.25) is 0 Å². The van der Waals surface area contributed by atoms with Gasteiger partial charge in [0.15, 0.2) is 46.6 Å². The Morgan fingerprint density at radius 1 is 0.292 bits per heavy atom. The summed E-state index contributed by atoms with van der Waals surface area (Å²) < 4.78 is 43.0. The van der Waals surface area contributed by atoms with Gasteiger partial charge < -0.3 is 86.8 Å². The van der Waals surface area contributed by atoms with Crippen molar-refractivity contribution in [2.75, 3.05) is 50.0 Å². The Hall–Kier alpha value is -2.76. The van der Waals surface area contributed by atoms with Crippen LogP contribution in [0.3, 0.4) is 0 Å². The molecular formula is C56H98O25S8. The Balaban J connectivity index is -0.000000127. The van der Waals surface area contributed by atoms with Crippen molar-refractivity contribution in [2.45, 2.75) is 153 Å². The zero-order valence-corrected chi connectivity index (χ0v) is 57.7. The molecule has 0 aromatic carbocycles. The summed E-state index contributed by atoms with van der Waals surface area (Å²) >= 11 is 10.4. The van der Waals surface area contributed by atoms with E-state index in [1.54, 1.807) is 45.8 Å². The highest BCUT2D eigenvalue weighted by Gasteiger charge is 2.23. The molecule has 25 nitrogen and oxygen atoms in total. The first-order valence-electron chi connectivity index (χ1n) is 27.3. The molecule has 0 aliphatic carbocycles. The van der Waals surface area contributed by atoms with Crippen molar-refractivity contribution in [2.24, 2.45) is 0 Å². The van der Waals surface area contributed by atoms with Crippen LogP contribution >= 0.6 is 94.1 Å². The maximum absolute atomic E-state index is 10.8. The number of carboxylic acids is 1. The smallest absolute Gasteiger partial charge is 0.335 e. The van der Waals surface area contributed by atoms with Crippen LogP contribution in [0.4, 0.5) is 0 Å². The van der Waals surface area contributed by atoms with Gasteiger partial charge >= 0.3 is 5.97 Å². The van der Waals surface area contributed by atoms with E-state index in [-0.39, 0.29) is 7.43 Å². The van der Waals surface area contributed by atoms with Gasteiger partial charge in [-0.1, -0.05) is 7.43 Å². The Kier molecular flexibility index (Phi) is 70.7. The van der Waals surface area contributed by atoms with Gasteiger partial charge in [0, 0.05) is 0 Å². The van der Waals surface area contributed by atoms with Crippen LogP contribution in [0.15, 0.2) is 91.8 Å². The first-order valence-corrected chi connectivity index (χ1v) is 34.6. The van der Waals surface area contributed by atoms with Gasteiger partial charge in [-0.3, -0.25) is 33.6 Å². The van der Waals surface area contributed by atoms with Crippen molar-refractivity contribution < 1.29 is 133 Å².